The third-order valence-corrected chi connectivity index (χ3v) is 4.28. The Bertz CT molecular complexity index is 500. The quantitative estimate of drug-likeness (QED) is 0.712. The normalized spacial score (nSPS) is 13.3. The number of rotatable bonds is 9. The molecule has 0 heterocycles. The summed E-state index contributed by atoms with van der Waals surface area (Å²) in [5, 5.41) is 3.47. The molecule has 0 aliphatic carbocycles. The molecule has 0 aromatic heterocycles. The molecule has 1 aromatic rings. The van der Waals surface area contributed by atoms with E-state index in [1.54, 1.807) is 19.2 Å². The SMILES string of the molecule is CCCNC(CCCOC)c1cccc(S(C)(=O)=O)c1. The van der Waals surface area contributed by atoms with Gasteiger partial charge >= 0.3 is 0 Å². The average Bonchev–Trinajstić information content (AvgIpc) is 2.42. The summed E-state index contributed by atoms with van der Waals surface area (Å²) in [5.41, 5.74) is 1.03. The largest absolute Gasteiger partial charge is 0.385 e. The van der Waals surface area contributed by atoms with Crippen molar-refractivity contribution in [2.45, 2.75) is 37.1 Å². The Labute approximate surface area is 122 Å². The molecule has 0 saturated heterocycles. The van der Waals surface area contributed by atoms with Crippen molar-refractivity contribution in [1.29, 1.82) is 0 Å². The Kier molecular flexibility index (Phi) is 7.19. The van der Waals surface area contributed by atoms with E-state index in [1.165, 1.54) is 6.26 Å². The third-order valence-electron chi connectivity index (χ3n) is 3.17. The molecule has 1 N–H and O–H groups in total. The number of hydrogen-bond acceptors (Lipinski definition) is 4. The molecule has 0 amide bonds. The molecule has 0 spiro atoms. The van der Waals surface area contributed by atoms with Gasteiger partial charge < -0.3 is 10.1 Å². The van der Waals surface area contributed by atoms with E-state index in [4.69, 9.17) is 4.74 Å². The van der Waals surface area contributed by atoms with Crippen molar-refractivity contribution in [3.63, 3.8) is 0 Å². The number of benzene rings is 1. The molecule has 1 unspecified atom stereocenters. The van der Waals surface area contributed by atoms with E-state index < -0.39 is 9.84 Å². The smallest absolute Gasteiger partial charge is 0.175 e. The lowest BCUT2D eigenvalue weighted by Gasteiger charge is -2.19. The van der Waals surface area contributed by atoms with Gasteiger partial charge in [-0.25, -0.2) is 8.42 Å². The van der Waals surface area contributed by atoms with Crippen molar-refractivity contribution in [2.75, 3.05) is 26.5 Å². The zero-order chi connectivity index (χ0) is 15.0. The highest BCUT2D eigenvalue weighted by atomic mass is 32.2. The second-order valence-corrected chi connectivity index (χ2v) is 7.00. The lowest BCUT2D eigenvalue weighted by atomic mass is 10.0. The Balaban J connectivity index is 2.88. The molecule has 0 aliphatic rings. The number of nitrogens with one attached hydrogen (secondary N) is 1. The molecular weight excluding hydrogens is 274 g/mol. The monoisotopic (exact) mass is 299 g/mol. The fourth-order valence-corrected chi connectivity index (χ4v) is 2.77. The van der Waals surface area contributed by atoms with E-state index in [0.29, 0.717) is 4.90 Å². The molecular formula is C15H25NO3S. The first kappa shape index (κ1) is 17.1. The summed E-state index contributed by atoms with van der Waals surface area (Å²) < 4.78 is 28.4. The zero-order valence-electron chi connectivity index (χ0n) is 12.6. The van der Waals surface area contributed by atoms with Crippen molar-refractivity contribution >= 4 is 9.84 Å². The van der Waals surface area contributed by atoms with E-state index in [-0.39, 0.29) is 6.04 Å². The highest BCUT2D eigenvalue weighted by Crippen LogP contribution is 2.21. The summed E-state index contributed by atoms with van der Waals surface area (Å²) in [4.78, 5) is 0.380. The number of hydrogen-bond donors (Lipinski definition) is 1. The fraction of sp³-hybridized carbons (Fsp3) is 0.600. The van der Waals surface area contributed by atoms with E-state index in [1.807, 2.05) is 12.1 Å². The van der Waals surface area contributed by atoms with Crippen molar-refractivity contribution in [2.24, 2.45) is 0 Å². The van der Waals surface area contributed by atoms with Crippen LogP contribution in [0.15, 0.2) is 29.2 Å². The predicted molar refractivity (Wildman–Crippen MR) is 81.7 cm³/mol. The van der Waals surface area contributed by atoms with Crippen LogP contribution in [0.2, 0.25) is 0 Å². The summed E-state index contributed by atoms with van der Waals surface area (Å²) in [6.07, 6.45) is 4.17. The van der Waals surface area contributed by atoms with E-state index in [0.717, 1.165) is 38.0 Å². The molecule has 1 atom stereocenters. The first-order valence-electron chi connectivity index (χ1n) is 7.01. The van der Waals surface area contributed by atoms with Gasteiger partial charge in [0, 0.05) is 26.0 Å². The van der Waals surface area contributed by atoms with Gasteiger partial charge in [-0.3, -0.25) is 0 Å². The minimum Gasteiger partial charge on any atom is -0.385 e. The lowest BCUT2D eigenvalue weighted by Crippen LogP contribution is -2.22. The zero-order valence-corrected chi connectivity index (χ0v) is 13.4. The topological polar surface area (TPSA) is 55.4 Å². The molecule has 1 aromatic carbocycles. The van der Waals surface area contributed by atoms with Crippen LogP contribution in [0.3, 0.4) is 0 Å². The van der Waals surface area contributed by atoms with Crippen LogP contribution in [-0.2, 0) is 14.6 Å². The summed E-state index contributed by atoms with van der Waals surface area (Å²) in [6, 6.07) is 7.38. The highest BCUT2D eigenvalue weighted by molar-refractivity contribution is 7.90. The predicted octanol–water partition coefficient (Wildman–Crippen LogP) is 2.56. The molecule has 5 heteroatoms. The van der Waals surface area contributed by atoms with Gasteiger partial charge in [0.25, 0.3) is 0 Å². The van der Waals surface area contributed by atoms with Crippen molar-refractivity contribution < 1.29 is 13.2 Å². The molecule has 0 saturated carbocycles. The summed E-state index contributed by atoms with van der Waals surface area (Å²) in [6.45, 7) is 3.75. The van der Waals surface area contributed by atoms with Gasteiger partial charge in [0.05, 0.1) is 4.90 Å². The molecule has 20 heavy (non-hydrogen) atoms. The number of methoxy groups -OCH3 is 1. The highest BCUT2D eigenvalue weighted by Gasteiger charge is 2.14. The minimum absolute atomic E-state index is 0.173. The van der Waals surface area contributed by atoms with E-state index in [9.17, 15) is 8.42 Å². The van der Waals surface area contributed by atoms with Gasteiger partial charge in [0.15, 0.2) is 9.84 Å². The van der Waals surface area contributed by atoms with Crippen LogP contribution in [0.25, 0.3) is 0 Å². The third kappa shape index (κ3) is 5.61. The molecule has 1 rings (SSSR count). The van der Waals surface area contributed by atoms with Crippen LogP contribution < -0.4 is 5.32 Å². The van der Waals surface area contributed by atoms with E-state index >= 15 is 0 Å². The van der Waals surface area contributed by atoms with E-state index in [2.05, 4.69) is 12.2 Å². The van der Waals surface area contributed by atoms with Crippen LogP contribution in [0, 0.1) is 0 Å². The van der Waals surface area contributed by atoms with Gasteiger partial charge in [-0.1, -0.05) is 19.1 Å². The second kappa shape index (κ2) is 8.39. The molecule has 0 fully saturated rings. The van der Waals surface area contributed by atoms with Gasteiger partial charge in [0.2, 0.25) is 0 Å². The summed E-state index contributed by atoms with van der Waals surface area (Å²) in [5.74, 6) is 0. The summed E-state index contributed by atoms with van der Waals surface area (Å²) in [7, 11) is -1.46. The van der Waals surface area contributed by atoms with Gasteiger partial charge in [-0.05, 0) is 43.5 Å². The Morgan fingerprint density at radius 3 is 2.70 bits per heavy atom. The number of sulfone groups is 1. The van der Waals surface area contributed by atoms with Crippen LogP contribution >= 0.6 is 0 Å². The van der Waals surface area contributed by atoms with Crippen LogP contribution in [0.1, 0.15) is 37.8 Å². The minimum atomic E-state index is -3.16. The maximum Gasteiger partial charge on any atom is 0.175 e. The van der Waals surface area contributed by atoms with Gasteiger partial charge in [-0.2, -0.15) is 0 Å². The maximum atomic E-state index is 11.6. The first-order chi connectivity index (χ1) is 9.49. The van der Waals surface area contributed by atoms with Gasteiger partial charge in [0.1, 0.15) is 0 Å². The van der Waals surface area contributed by atoms with Crippen molar-refractivity contribution in [3.05, 3.63) is 29.8 Å². The van der Waals surface area contributed by atoms with Crippen LogP contribution in [-0.4, -0.2) is 34.9 Å². The number of ether oxygens (including phenoxy) is 1. The second-order valence-electron chi connectivity index (χ2n) is 4.99. The molecule has 0 aliphatic heterocycles. The van der Waals surface area contributed by atoms with Crippen LogP contribution in [0.5, 0.6) is 0 Å². The summed E-state index contributed by atoms with van der Waals surface area (Å²) >= 11 is 0. The standard InChI is InChI=1S/C15H25NO3S/c1-4-10-16-15(9-6-11-19-2)13-7-5-8-14(12-13)20(3,17)18/h5,7-8,12,15-16H,4,6,9-11H2,1-3H3. The van der Waals surface area contributed by atoms with Crippen molar-refractivity contribution in [3.8, 4) is 0 Å². The average molecular weight is 299 g/mol. The Morgan fingerprint density at radius 2 is 2.10 bits per heavy atom. The Morgan fingerprint density at radius 1 is 1.35 bits per heavy atom. The first-order valence-corrected chi connectivity index (χ1v) is 8.90. The molecule has 114 valence electrons. The molecule has 4 nitrogen and oxygen atoms in total. The molecule has 0 radical (unpaired) electrons. The lowest BCUT2D eigenvalue weighted by molar-refractivity contribution is 0.188. The molecule has 0 bridgehead atoms. The maximum absolute atomic E-state index is 11.6. The Hall–Kier alpha value is -0.910. The van der Waals surface area contributed by atoms with Crippen LogP contribution in [0.4, 0.5) is 0 Å². The van der Waals surface area contributed by atoms with Gasteiger partial charge in [-0.15, -0.1) is 0 Å². The van der Waals surface area contributed by atoms with Crippen molar-refractivity contribution in [1.82, 2.24) is 5.32 Å². The fourth-order valence-electron chi connectivity index (χ4n) is 2.10.